The molecule has 62 heavy (non-hydrogen) atoms. The lowest BCUT2D eigenvalue weighted by atomic mass is 9.96. The predicted molar refractivity (Wildman–Crippen MR) is 257 cm³/mol. The zero-order valence-electron chi connectivity index (χ0n) is 33.4. The van der Waals surface area contributed by atoms with Crippen molar-refractivity contribution in [3.8, 4) is 78.9 Å². The smallest absolute Gasteiger partial charge is 0.164 e. The summed E-state index contributed by atoms with van der Waals surface area (Å²) >= 11 is 1.83. The summed E-state index contributed by atoms with van der Waals surface area (Å²) in [6.45, 7) is 0. The fourth-order valence-electron chi connectivity index (χ4n) is 8.68. The monoisotopic (exact) mass is 809 g/mol. The molecule has 6 heteroatoms. The predicted octanol–water partition coefficient (Wildman–Crippen LogP) is 14.7. The molecule has 0 saturated heterocycles. The Labute approximate surface area is 361 Å². The van der Waals surface area contributed by atoms with Gasteiger partial charge in [-0.15, -0.1) is 11.3 Å². The fourth-order valence-corrected chi connectivity index (χ4v) is 9.77. The summed E-state index contributed by atoms with van der Waals surface area (Å²) in [7, 11) is 0. The van der Waals surface area contributed by atoms with Crippen LogP contribution in [-0.2, 0) is 0 Å². The Balaban J connectivity index is 1.03. The standard InChI is InChI=1S/C56H35N5S/c1-4-16-36(17-5-1)48-35-41-22-10-11-27-45(41)53-51(37-18-6-2-7-19-37)52(60-61(48)53)42-24-15-26-44(33-42)56-58-54(38-20-8-3-9-21-38)57-55(59-56)43-25-14-23-39(32-43)40-30-31-50-47(34-40)46-28-12-13-29-49(46)62-50/h1-35H. The fraction of sp³-hybridized carbons (Fsp3) is 0. The lowest BCUT2D eigenvalue weighted by Gasteiger charge is -2.11. The summed E-state index contributed by atoms with van der Waals surface area (Å²) < 4.78 is 4.71. The third-order valence-corrected chi connectivity index (χ3v) is 12.8. The number of nitrogens with zero attached hydrogens (tertiary/aromatic N) is 5. The topological polar surface area (TPSA) is 56.0 Å². The first kappa shape index (κ1) is 35.8. The Morgan fingerprint density at radius 2 is 0.855 bits per heavy atom. The minimum atomic E-state index is 0.590. The van der Waals surface area contributed by atoms with Crippen LogP contribution in [-0.4, -0.2) is 24.6 Å². The van der Waals surface area contributed by atoms with Crippen LogP contribution in [0.4, 0.5) is 0 Å². The molecule has 0 unspecified atom stereocenters. The van der Waals surface area contributed by atoms with Gasteiger partial charge in [-0.05, 0) is 58.5 Å². The van der Waals surface area contributed by atoms with Gasteiger partial charge < -0.3 is 0 Å². The number of thiophene rings is 1. The van der Waals surface area contributed by atoms with Crippen molar-refractivity contribution in [3.05, 3.63) is 212 Å². The molecule has 290 valence electrons. The molecule has 8 aromatic carbocycles. The Morgan fingerprint density at radius 1 is 0.339 bits per heavy atom. The molecule has 0 saturated carbocycles. The van der Waals surface area contributed by atoms with Crippen molar-refractivity contribution < 1.29 is 0 Å². The van der Waals surface area contributed by atoms with Crippen molar-refractivity contribution in [1.82, 2.24) is 24.6 Å². The molecule has 5 nitrogen and oxygen atoms in total. The van der Waals surface area contributed by atoms with E-state index >= 15 is 0 Å². The van der Waals surface area contributed by atoms with Crippen LogP contribution < -0.4 is 0 Å². The Kier molecular flexibility index (Phi) is 8.61. The maximum atomic E-state index is 5.49. The van der Waals surface area contributed by atoms with Crippen LogP contribution >= 0.6 is 11.3 Å². The Morgan fingerprint density at radius 3 is 1.58 bits per heavy atom. The van der Waals surface area contributed by atoms with Gasteiger partial charge in [0, 0.05) is 58.9 Å². The first-order chi connectivity index (χ1) is 30.7. The molecule has 0 amide bonds. The van der Waals surface area contributed by atoms with Gasteiger partial charge in [-0.1, -0.05) is 176 Å². The van der Waals surface area contributed by atoms with E-state index < -0.39 is 0 Å². The molecule has 12 rings (SSSR count). The molecular formula is C56H35N5S. The highest BCUT2D eigenvalue weighted by molar-refractivity contribution is 7.25. The maximum Gasteiger partial charge on any atom is 0.164 e. The van der Waals surface area contributed by atoms with E-state index in [1.807, 2.05) is 41.7 Å². The first-order valence-corrected chi connectivity index (χ1v) is 21.5. The van der Waals surface area contributed by atoms with Gasteiger partial charge in [-0.25, -0.2) is 19.5 Å². The Hall–Kier alpha value is -8.06. The van der Waals surface area contributed by atoms with Crippen LogP contribution in [0.3, 0.4) is 0 Å². The van der Waals surface area contributed by atoms with Gasteiger partial charge >= 0.3 is 0 Å². The Bertz CT molecular complexity index is 3630. The number of aromatic nitrogens is 5. The van der Waals surface area contributed by atoms with Gasteiger partial charge in [0.25, 0.3) is 0 Å². The van der Waals surface area contributed by atoms with E-state index in [9.17, 15) is 0 Å². The van der Waals surface area contributed by atoms with Gasteiger partial charge in [-0.3, -0.25) is 0 Å². The van der Waals surface area contributed by atoms with Crippen molar-refractivity contribution in [3.63, 3.8) is 0 Å². The molecule has 0 aliphatic rings. The number of rotatable bonds is 7. The molecule has 0 spiro atoms. The summed E-state index contributed by atoms with van der Waals surface area (Å²) in [4.78, 5) is 15.5. The summed E-state index contributed by atoms with van der Waals surface area (Å²) in [6.07, 6.45) is 0. The first-order valence-electron chi connectivity index (χ1n) is 20.7. The van der Waals surface area contributed by atoms with Gasteiger partial charge in [0.2, 0.25) is 0 Å². The third kappa shape index (κ3) is 6.24. The normalized spacial score (nSPS) is 11.5. The maximum absolute atomic E-state index is 5.49. The number of hydrogen-bond acceptors (Lipinski definition) is 5. The molecule has 12 aromatic rings. The van der Waals surface area contributed by atoms with Crippen molar-refractivity contribution in [2.45, 2.75) is 0 Å². The van der Waals surface area contributed by atoms with Crippen LogP contribution in [0.25, 0.3) is 115 Å². The zero-order valence-corrected chi connectivity index (χ0v) is 34.2. The van der Waals surface area contributed by atoms with E-state index in [1.54, 1.807) is 0 Å². The van der Waals surface area contributed by atoms with Gasteiger partial charge in [0.05, 0.1) is 11.2 Å². The van der Waals surface area contributed by atoms with Crippen LogP contribution in [0.1, 0.15) is 0 Å². The minimum absolute atomic E-state index is 0.590. The molecule has 4 heterocycles. The van der Waals surface area contributed by atoms with Crippen molar-refractivity contribution in [1.29, 1.82) is 0 Å². The second kappa shape index (κ2) is 14.9. The van der Waals surface area contributed by atoms with Gasteiger partial charge in [0.15, 0.2) is 17.5 Å². The average Bonchev–Trinajstić information content (AvgIpc) is 3.94. The number of fused-ring (bicyclic) bond motifs is 6. The zero-order chi connectivity index (χ0) is 41.0. The quantitative estimate of drug-likeness (QED) is 0.161. The molecule has 0 N–H and O–H groups in total. The van der Waals surface area contributed by atoms with Crippen LogP contribution in [0.5, 0.6) is 0 Å². The highest BCUT2D eigenvalue weighted by atomic mass is 32.1. The van der Waals surface area contributed by atoms with Gasteiger partial charge in [-0.2, -0.15) is 5.10 Å². The van der Waals surface area contributed by atoms with E-state index in [-0.39, 0.29) is 0 Å². The molecule has 0 atom stereocenters. The van der Waals surface area contributed by atoms with E-state index in [0.717, 1.165) is 77.7 Å². The van der Waals surface area contributed by atoms with E-state index in [0.29, 0.717) is 17.5 Å². The van der Waals surface area contributed by atoms with Crippen molar-refractivity contribution in [2.75, 3.05) is 0 Å². The van der Waals surface area contributed by atoms with Crippen LogP contribution in [0, 0.1) is 0 Å². The second-order valence-electron chi connectivity index (χ2n) is 15.5. The lowest BCUT2D eigenvalue weighted by molar-refractivity contribution is 0.979. The molecule has 4 aromatic heterocycles. The molecule has 0 fully saturated rings. The second-order valence-corrected chi connectivity index (χ2v) is 16.6. The largest absolute Gasteiger partial charge is 0.231 e. The summed E-state index contributed by atoms with van der Waals surface area (Å²) in [5.74, 6) is 1.82. The van der Waals surface area contributed by atoms with E-state index in [1.165, 1.54) is 20.2 Å². The third-order valence-electron chi connectivity index (χ3n) is 11.6. The molecule has 0 radical (unpaired) electrons. The summed E-state index contributed by atoms with van der Waals surface area (Å²) in [6, 6.07) is 74.5. The highest BCUT2D eigenvalue weighted by Gasteiger charge is 2.22. The number of hydrogen-bond donors (Lipinski definition) is 0. The van der Waals surface area contributed by atoms with E-state index in [2.05, 4.69) is 187 Å². The SMILES string of the molecule is c1ccc(-c2nc(-c3cccc(-c4ccc5sc6ccccc6c5c4)c3)nc(-c3cccc(-c4nn5c(-c6ccccc6)cc6ccccc6c5c4-c4ccccc4)c3)n2)cc1. The highest BCUT2D eigenvalue weighted by Crippen LogP contribution is 2.42. The molecular weight excluding hydrogens is 775 g/mol. The van der Waals surface area contributed by atoms with Crippen molar-refractivity contribution in [2.24, 2.45) is 0 Å². The molecule has 0 bridgehead atoms. The summed E-state index contributed by atoms with van der Waals surface area (Å²) in [5.41, 5.74) is 12.2. The van der Waals surface area contributed by atoms with Crippen LogP contribution in [0.2, 0.25) is 0 Å². The number of pyridine rings is 1. The van der Waals surface area contributed by atoms with E-state index in [4.69, 9.17) is 20.1 Å². The molecule has 0 aliphatic heterocycles. The van der Waals surface area contributed by atoms with Gasteiger partial charge in [0.1, 0.15) is 5.69 Å². The average molecular weight is 810 g/mol. The lowest BCUT2D eigenvalue weighted by Crippen LogP contribution is -2.00. The number of benzene rings is 8. The van der Waals surface area contributed by atoms with Crippen LogP contribution in [0.15, 0.2) is 212 Å². The minimum Gasteiger partial charge on any atom is -0.231 e. The molecule has 0 aliphatic carbocycles. The van der Waals surface area contributed by atoms with Crippen molar-refractivity contribution >= 4 is 47.8 Å². The summed E-state index contributed by atoms with van der Waals surface area (Å²) in [5, 5.41) is 10.3.